The fourth-order valence-electron chi connectivity index (χ4n) is 1.77. The van der Waals surface area contributed by atoms with E-state index < -0.39 is 5.82 Å². The summed E-state index contributed by atoms with van der Waals surface area (Å²) in [4.78, 5) is 12.1. The van der Waals surface area contributed by atoms with Gasteiger partial charge < -0.3 is 10.6 Å². The lowest BCUT2D eigenvalue weighted by Gasteiger charge is -2.08. The Labute approximate surface area is 132 Å². The first-order chi connectivity index (χ1) is 10.0. The number of carbonyl (C=O) groups excluding carboxylic acids is 1. The summed E-state index contributed by atoms with van der Waals surface area (Å²) >= 11 is 11.4. The van der Waals surface area contributed by atoms with Gasteiger partial charge in [-0.3, -0.25) is 4.79 Å². The van der Waals surface area contributed by atoms with Crippen LogP contribution in [0, 0.1) is 5.82 Å². The largest absolute Gasteiger partial charge is 0.385 e. The molecule has 0 unspecified atom stereocenters. The lowest BCUT2D eigenvalue weighted by molar-refractivity contribution is 0.102. The van der Waals surface area contributed by atoms with Crippen LogP contribution in [0.5, 0.6) is 0 Å². The van der Waals surface area contributed by atoms with Gasteiger partial charge in [0.25, 0.3) is 5.91 Å². The molecule has 2 aromatic carbocycles. The zero-order valence-electron chi connectivity index (χ0n) is 11.2. The van der Waals surface area contributed by atoms with E-state index >= 15 is 0 Å². The highest BCUT2D eigenvalue weighted by atomic mass is 35.5. The zero-order valence-corrected chi connectivity index (χ0v) is 12.7. The molecule has 1 amide bonds. The third-order valence-corrected chi connectivity index (χ3v) is 3.32. The van der Waals surface area contributed by atoms with Crippen LogP contribution in [0.4, 0.5) is 15.8 Å². The van der Waals surface area contributed by atoms with E-state index in [1.807, 2.05) is 19.1 Å². The molecule has 0 saturated carbocycles. The summed E-state index contributed by atoms with van der Waals surface area (Å²) in [5, 5.41) is 5.48. The molecule has 6 heteroatoms. The molecule has 0 spiro atoms. The molecule has 0 atom stereocenters. The Bertz CT molecular complexity index is 636. The highest BCUT2D eigenvalue weighted by molar-refractivity contribution is 6.35. The number of benzene rings is 2. The van der Waals surface area contributed by atoms with Gasteiger partial charge in [0.1, 0.15) is 0 Å². The van der Waals surface area contributed by atoms with Crippen LogP contribution in [0.3, 0.4) is 0 Å². The average molecular weight is 327 g/mol. The molecule has 3 nitrogen and oxygen atoms in total. The van der Waals surface area contributed by atoms with E-state index in [0.29, 0.717) is 11.3 Å². The summed E-state index contributed by atoms with van der Waals surface area (Å²) in [6.07, 6.45) is 0. The van der Waals surface area contributed by atoms with Crippen molar-refractivity contribution in [3.8, 4) is 0 Å². The summed E-state index contributed by atoms with van der Waals surface area (Å²) in [5.41, 5.74) is 1.75. The maximum Gasteiger partial charge on any atom is 0.255 e. The molecule has 2 N–H and O–H groups in total. The monoisotopic (exact) mass is 326 g/mol. The Morgan fingerprint density at radius 3 is 2.19 bits per heavy atom. The second-order valence-corrected chi connectivity index (χ2v) is 5.13. The number of hydrogen-bond donors (Lipinski definition) is 2. The highest BCUT2D eigenvalue weighted by Crippen LogP contribution is 2.27. The third-order valence-electron chi connectivity index (χ3n) is 2.77. The molecule has 0 radical (unpaired) electrons. The summed E-state index contributed by atoms with van der Waals surface area (Å²) in [7, 11) is 0. The van der Waals surface area contributed by atoms with Gasteiger partial charge in [-0.05, 0) is 43.3 Å². The second-order valence-electron chi connectivity index (χ2n) is 4.32. The Kier molecular flexibility index (Phi) is 5.04. The predicted molar refractivity (Wildman–Crippen MR) is 85.0 cm³/mol. The van der Waals surface area contributed by atoms with Gasteiger partial charge in [-0.15, -0.1) is 0 Å². The maximum absolute atomic E-state index is 13.3. The molecule has 0 aromatic heterocycles. The third kappa shape index (κ3) is 3.86. The number of anilines is 2. The summed E-state index contributed by atoms with van der Waals surface area (Å²) in [6, 6.07) is 9.63. The maximum atomic E-state index is 13.3. The zero-order chi connectivity index (χ0) is 15.4. The number of halogens is 3. The molecule has 0 heterocycles. The van der Waals surface area contributed by atoms with Gasteiger partial charge >= 0.3 is 0 Å². The lowest BCUT2D eigenvalue weighted by Crippen LogP contribution is -2.12. The van der Waals surface area contributed by atoms with E-state index in [4.69, 9.17) is 23.2 Å². The minimum absolute atomic E-state index is 0.139. The van der Waals surface area contributed by atoms with E-state index in [9.17, 15) is 9.18 Å². The highest BCUT2D eigenvalue weighted by Gasteiger charge is 2.11. The van der Waals surface area contributed by atoms with Crippen LogP contribution in [-0.4, -0.2) is 12.5 Å². The van der Waals surface area contributed by atoms with Crippen LogP contribution < -0.4 is 10.6 Å². The standard InChI is InChI=1S/C15H13Cl2FN2O/c1-2-19-10-5-3-9(4-6-10)15(21)20-11-7-12(16)14(18)13(17)8-11/h3-8,19H,2H2,1H3,(H,20,21). The summed E-state index contributed by atoms with van der Waals surface area (Å²) in [5.74, 6) is -1.02. The first kappa shape index (κ1) is 15.6. The van der Waals surface area contributed by atoms with Crippen LogP contribution in [0.2, 0.25) is 10.0 Å². The van der Waals surface area contributed by atoms with Crippen LogP contribution >= 0.6 is 23.2 Å². The molecule has 21 heavy (non-hydrogen) atoms. The van der Waals surface area contributed by atoms with Crippen molar-refractivity contribution in [2.24, 2.45) is 0 Å². The number of amides is 1. The molecule has 0 aliphatic heterocycles. The minimum atomic E-state index is -0.702. The van der Waals surface area contributed by atoms with Crippen LogP contribution in [0.1, 0.15) is 17.3 Å². The molecule has 0 aliphatic carbocycles. The molecule has 2 aromatic rings. The van der Waals surface area contributed by atoms with Crippen molar-refractivity contribution in [1.29, 1.82) is 0 Å². The van der Waals surface area contributed by atoms with E-state index in [0.717, 1.165) is 12.2 Å². The van der Waals surface area contributed by atoms with E-state index in [2.05, 4.69) is 10.6 Å². The van der Waals surface area contributed by atoms with Crippen molar-refractivity contribution in [1.82, 2.24) is 0 Å². The SMILES string of the molecule is CCNc1ccc(C(=O)Nc2cc(Cl)c(F)c(Cl)c2)cc1. The van der Waals surface area contributed by atoms with Gasteiger partial charge in [0, 0.05) is 23.5 Å². The van der Waals surface area contributed by atoms with Crippen LogP contribution in [0.25, 0.3) is 0 Å². The number of rotatable bonds is 4. The lowest BCUT2D eigenvalue weighted by atomic mass is 10.2. The number of nitrogens with one attached hydrogen (secondary N) is 2. The molecule has 0 aliphatic rings. The Balaban J connectivity index is 2.14. The summed E-state index contributed by atoms with van der Waals surface area (Å²) in [6.45, 7) is 2.79. The Morgan fingerprint density at radius 1 is 1.10 bits per heavy atom. The van der Waals surface area contributed by atoms with Crippen molar-refractivity contribution in [2.75, 3.05) is 17.2 Å². The minimum Gasteiger partial charge on any atom is -0.385 e. The second kappa shape index (κ2) is 6.78. The summed E-state index contributed by atoms with van der Waals surface area (Å²) < 4.78 is 13.3. The van der Waals surface area contributed by atoms with Gasteiger partial charge in [-0.2, -0.15) is 0 Å². The molecule has 0 fully saturated rings. The van der Waals surface area contributed by atoms with Crippen LogP contribution in [-0.2, 0) is 0 Å². The number of carbonyl (C=O) groups is 1. The smallest absolute Gasteiger partial charge is 0.255 e. The molecule has 2 rings (SSSR count). The fourth-order valence-corrected chi connectivity index (χ4v) is 2.26. The molecule has 0 saturated heterocycles. The van der Waals surface area contributed by atoms with Crippen molar-refractivity contribution in [3.05, 3.63) is 57.8 Å². The van der Waals surface area contributed by atoms with Gasteiger partial charge in [0.2, 0.25) is 0 Å². The number of hydrogen-bond acceptors (Lipinski definition) is 2. The quantitative estimate of drug-likeness (QED) is 0.791. The van der Waals surface area contributed by atoms with Crippen molar-refractivity contribution in [3.63, 3.8) is 0 Å². The average Bonchev–Trinajstić information content (AvgIpc) is 2.45. The van der Waals surface area contributed by atoms with Crippen LogP contribution in [0.15, 0.2) is 36.4 Å². The van der Waals surface area contributed by atoms with E-state index in [1.54, 1.807) is 12.1 Å². The van der Waals surface area contributed by atoms with E-state index in [1.165, 1.54) is 12.1 Å². The van der Waals surface area contributed by atoms with Gasteiger partial charge in [-0.1, -0.05) is 23.2 Å². The predicted octanol–water partition coefficient (Wildman–Crippen LogP) is 4.82. The first-order valence-corrected chi connectivity index (χ1v) is 7.06. The first-order valence-electron chi connectivity index (χ1n) is 6.31. The van der Waals surface area contributed by atoms with E-state index in [-0.39, 0.29) is 16.0 Å². The molecular formula is C15H13Cl2FN2O. The topological polar surface area (TPSA) is 41.1 Å². The molecule has 0 bridgehead atoms. The van der Waals surface area contributed by atoms with Crippen molar-refractivity contribution < 1.29 is 9.18 Å². The van der Waals surface area contributed by atoms with Gasteiger partial charge in [0.15, 0.2) is 5.82 Å². The van der Waals surface area contributed by atoms with Gasteiger partial charge in [-0.25, -0.2) is 4.39 Å². The Morgan fingerprint density at radius 2 is 1.67 bits per heavy atom. The fraction of sp³-hybridized carbons (Fsp3) is 0.133. The molecular weight excluding hydrogens is 314 g/mol. The Hall–Kier alpha value is -1.78. The van der Waals surface area contributed by atoms with Crippen molar-refractivity contribution in [2.45, 2.75) is 6.92 Å². The normalized spacial score (nSPS) is 10.3. The molecule has 110 valence electrons. The van der Waals surface area contributed by atoms with Crippen molar-refractivity contribution >= 4 is 40.5 Å². The van der Waals surface area contributed by atoms with Gasteiger partial charge in [0.05, 0.1) is 10.0 Å².